The Labute approximate surface area is 132 Å². The molecule has 0 aliphatic rings. The summed E-state index contributed by atoms with van der Waals surface area (Å²) in [5.74, 6) is 1.65. The maximum absolute atomic E-state index is 11.5. The number of carbonyl (C=O) groups is 1. The first kappa shape index (κ1) is 19.5. The molecule has 120 valence electrons. The van der Waals surface area contributed by atoms with Gasteiger partial charge in [0.05, 0.1) is 13.7 Å². The lowest BCUT2D eigenvalue weighted by molar-refractivity contribution is -0.121. The van der Waals surface area contributed by atoms with Crippen LogP contribution in [-0.2, 0) is 4.79 Å². The first-order valence-corrected chi connectivity index (χ1v) is 6.86. The molecule has 1 atom stereocenters. The Kier molecular flexibility index (Phi) is 10.4. The molecular weight excluding hydrogens is 292 g/mol. The molecule has 0 radical (unpaired) electrons. The minimum Gasteiger partial charge on any atom is -0.497 e. The van der Waals surface area contributed by atoms with Crippen LogP contribution in [0, 0.1) is 0 Å². The molecule has 1 aromatic carbocycles. The number of halogens is 1. The van der Waals surface area contributed by atoms with Gasteiger partial charge in [0.2, 0.25) is 5.91 Å². The van der Waals surface area contributed by atoms with Gasteiger partial charge in [0.1, 0.15) is 11.5 Å². The average molecular weight is 317 g/mol. The molecule has 1 unspecified atom stereocenters. The topological polar surface area (TPSA) is 59.6 Å². The summed E-state index contributed by atoms with van der Waals surface area (Å²) in [4.78, 5) is 11.5. The van der Waals surface area contributed by atoms with Crippen LogP contribution in [0.25, 0.3) is 0 Å². The first-order valence-electron chi connectivity index (χ1n) is 6.86. The Hall–Kier alpha value is -1.46. The molecule has 0 spiro atoms. The molecule has 0 saturated carbocycles. The predicted octanol–water partition coefficient (Wildman–Crippen LogP) is 2.00. The molecule has 0 aliphatic heterocycles. The Morgan fingerprint density at radius 2 is 1.86 bits per heavy atom. The third-order valence-electron chi connectivity index (χ3n) is 2.97. The molecule has 0 bridgehead atoms. The van der Waals surface area contributed by atoms with Crippen LogP contribution in [0.5, 0.6) is 11.5 Å². The number of rotatable bonds is 9. The molecular formula is C15H25ClN2O3. The fourth-order valence-electron chi connectivity index (χ4n) is 1.55. The third kappa shape index (κ3) is 8.42. The van der Waals surface area contributed by atoms with Crippen molar-refractivity contribution in [2.24, 2.45) is 0 Å². The van der Waals surface area contributed by atoms with Gasteiger partial charge in [-0.25, -0.2) is 0 Å². The second kappa shape index (κ2) is 11.2. The minimum atomic E-state index is 0. The molecule has 0 aromatic heterocycles. The van der Waals surface area contributed by atoms with Gasteiger partial charge in [0.15, 0.2) is 0 Å². The van der Waals surface area contributed by atoms with E-state index < -0.39 is 0 Å². The second-order valence-corrected chi connectivity index (χ2v) is 4.62. The van der Waals surface area contributed by atoms with E-state index in [0.717, 1.165) is 11.5 Å². The smallest absolute Gasteiger partial charge is 0.220 e. The van der Waals surface area contributed by atoms with Gasteiger partial charge >= 0.3 is 0 Å². The van der Waals surface area contributed by atoms with Crippen molar-refractivity contribution in [1.29, 1.82) is 0 Å². The summed E-state index contributed by atoms with van der Waals surface area (Å²) >= 11 is 0. The van der Waals surface area contributed by atoms with Crippen LogP contribution in [0.1, 0.15) is 19.8 Å². The van der Waals surface area contributed by atoms with E-state index in [1.807, 2.05) is 38.2 Å². The molecule has 2 N–H and O–H groups in total. The summed E-state index contributed by atoms with van der Waals surface area (Å²) < 4.78 is 10.6. The van der Waals surface area contributed by atoms with Crippen LogP contribution in [0.4, 0.5) is 0 Å². The lowest BCUT2D eigenvalue weighted by Crippen LogP contribution is -2.37. The van der Waals surface area contributed by atoms with Gasteiger partial charge in [-0.3, -0.25) is 4.79 Å². The third-order valence-corrected chi connectivity index (χ3v) is 2.97. The quantitative estimate of drug-likeness (QED) is 0.684. The van der Waals surface area contributed by atoms with E-state index in [0.29, 0.717) is 26.0 Å². The van der Waals surface area contributed by atoms with E-state index in [1.54, 1.807) is 7.11 Å². The number of nitrogens with one attached hydrogen (secondary N) is 2. The number of likely N-dealkylation sites (N-methyl/N-ethyl adjacent to an activating group) is 1. The Balaban J connectivity index is 0.00000400. The van der Waals surface area contributed by atoms with Gasteiger partial charge in [0.25, 0.3) is 0 Å². The molecule has 21 heavy (non-hydrogen) atoms. The number of benzene rings is 1. The lowest BCUT2D eigenvalue weighted by atomic mass is 10.3. The number of methoxy groups -OCH3 is 1. The average Bonchev–Trinajstić information content (AvgIpc) is 2.49. The molecule has 5 nitrogen and oxygen atoms in total. The van der Waals surface area contributed by atoms with Crippen molar-refractivity contribution < 1.29 is 14.3 Å². The van der Waals surface area contributed by atoms with Crippen molar-refractivity contribution >= 4 is 18.3 Å². The Morgan fingerprint density at radius 1 is 1.24 bits per heavy atom. The number of hydrogen-bond donors (Lipinski definition) is 2. The van der Waals surface area contributed by atoms with Crippen molar-refractivity contribution in [3.63, 3.8) is 0 Å². The molecule has 6 heteroatoms. The van der Waals surface area contributed by atoms with Crippen molar-refractivity contribution in [3.05, 3.63) is 24.3 Å². The van der Waals surface area contributed by atoms with Crippen LogP contribution >= 0.6 is 12.4 Å². The maximum atomic E-state index is 11.5. The Bertz CT molecular complexity index is 398. The summed E-state index contributed by atoms with van der Waals surface area (Å²) in [6.07, 6.45) is 1.18. The van der Waals surface area contributed by atoms with Crippen LogP contribution in [0.15, 0.2) is 24.3 Å². The zero-order chi connectivity index (χ0) is 14.8. The summed E-state index contributed by atoms with van der Waals surface area (Å²) in [7, 11) is 3.50. The standard InChI is InChI=1S/C15H24N2O3.ClH/c1-12(16-2)11-17-15(18)5-4-10-20-14-8-6-13(19-3)7-9-14;/h6-9,12,16H,4-5,10-11H2,1-3H3,(H,17,18);1H. The highest BCUT2D eigenvalue weighted by Crippen LogP contribution is 2.17. The summed E-state index contributed by atoms with van der Waals surface area (Å²) in [6, 6.07) is 7.69. The number of amides is 1. The fraction of sp³-hybridized carbons (Fsp3) is 0.533. The number of ether oxygens (including phenoxy) is 2. The molecule has 0 saturated heterocycles. The van der Waals surface area contributed by atoms with Gasteiger partial charge in [0, 0.05) is 19.0 Å². The minimum absolute atomic E-state index is 0. The van der Waals surface area contributed by atoms with Crippen LogP contribution in [0.3, 0.4) is 0 Å². The fourth-order valence-corrected chi connectivity index (χ4v) is 1.55. The van der Waals surface area contributed by atoms with Gasteiger partial charge in [-0.2, -0.15) is 0 Å². The van der Waals surface area contributed by atoms with Crippen LogP contribution in [-0.4, -0.2) is 39.3 Å². The second-order valence-electron chi connectivity index (χ2n) is 4.62. The molecule has 1 amide bonds. The lowest BCUT2D eigenvalue weighted by Gasteiger charge is -2.11. The zero-order valence-electron chi connectivity index (χ0n) is 12.8. The van der Waals surface area contributed by atoms with E-state index in [1.165, 1.54) is 0 Å². The van der Waals surface area contributed by atoms with Crippen molar-refractivity contribution in [2.75, 3.05) is 27.3 Å². The van der Waals surface area contributed by atoms with Crippen molar-refractivity contribution in [3.8, 4) is 11.5 Å². The monoisotopic (exact) mass is 316 g/mol. The summed E-state index contributed by atoms with van der Waals surface area (Å²) in [6.45, 7) is 3.20. The van der Waals surface area contributed by atoms with Crippen molar-refractivity contribution in [1.82, 2.24) is 10.6 Å². The summed E-state index contributed by atoms with van der Waals surface area (Å²) in [5.41, 5.74) is 0. The predicted molar refractivity (Wildman–Crippen MR) is 86.5 cm³/mol. The molecule has 0 fully saturated rings. The maximum Gasteiger partial charge on any atom is 0.220 e. The molecule has 1 aromatic rings. The highest BCUT2D eigenvalue weighted by Gasteiger charge is 2.03. The number of carbonyl (C=O) groups excluding carboxylic acids is 1. The molecule has 0 heterocycles. The van der Waals surface area contributed by atoms with E-state index >= 15 is 0 Å². The highest BCUT2D eigenvalue weighted by atomic mass is 35.5. The highest BCUT2D eigenvalue weighted by molar-refractivity contribution is 5.85. The largest absolute Gasteiger partial charge is 0.497 e. The normalized spacial score (nSPS) is 11.2. The van der Waals surface area contributed by atoms with Gasteiger partial charge < -0.3 is 20.1 Å². The number of hydrogen-bond acceptors (Lipinski definition) is 4. The van der Waals surface area contributed by atoms with Gasteiger partial charge in [-0.15, -0.1) is 12.4 Å². The van der Waals surface area contributed by atoms with Crippen LogP contribution in [0.2, 0.25) is 0 Å². The van der Waals surface area contributed by atoms with Crippen LogP contribution < -0.4 is 20.1 Å². The van der Waals surface area contributed by atoms with Gasteiger partial charge in [-0.1, -0.05) is 0 Å². The molecule has 0 aliphatic carbocycles. The van der Waals surface area contributed by atoms with E-state index in [2.05, 4.69) is 10.6 Å². The summed E-state index contributed by atoms with van der Waals surface area (Å²) in [5, 5.41) is 5.94. The zero-order valence-corrected chi connectivity index (χ0v) is 13.7. The van der Waals surface area contributed by atoms with E-state index in [-0.39, 0.29) is 24.4 Å². The molecule has 1 rings (SSSR count). The van der Waals surface area contributed by atoms with E-state index in [9.17, 15) is 4.79 Å². The van der Waals surface area contributed by atoms with E-state index in [4.69, 9.17) is 9.47 Å². The van der Waals surface area contributed by atoms with Gasteiger partial charge in [-0.05, 0) is 44.7 Å². The SMILES string of the molecule is CNC(C)CNC(=O)CCCOc1ccc(OC)cc1.Cl. The first-order chi connectivity index (χ1) is 9.65. The van der Waals surface area contributed by atoms with Crippen molar-refractivity contribution in [2.45, 2.75) is 25.8 Å². The Morgan fingerprint density at radius 3 is 2.43 bits per heavy atom.